The van der Waals surface area contributed by atoms with Crippen LogP contribution in [0, 0.1) is 13.8 Å². The Morgan fingerprint density at radius 1 is 1.44 bits per heavy atom. The Morgan fingerprint density at radius 3 is 2.44 bits per heavy atom. The molecule has 0 atom stereocenters. The SMILES string of the molecule is Cc1cc(C)c(CN)c(N(C)S(C)(=O)=O)n1. The smallest absolute Gasteiger partial charge is 0.233 e. The molecule has 0 bridgehead atoms. The summed E-state index contributed by atoms with van der Waals surface area (Å²) in [5.74, 6) is 0.419. The van der Waals surface area contributed by atoms with Gasteiger partial charge in [0.05, 0.1) is 6.26 Å². The van der Waals surface area contributed by atoms with Crippen LogP contribution in [0.25, 0.3) is 0 Å². The minimum absolute atomic E-state index is 0.272. The fourth-order valence-corrected chi connectivity index (χ4v) is 1.98. The van der Waals surface area contributed by atoms with Gasteiger partial charge >= 0.3 is 0 Å². The summed E-state index contributed by atoms with van der Waals surface area (Å²) in [6, 6.07) is 1.89. The highest BCUT2D eigenvalue weighted by Crippen LogP contribution is 2.22. The number of pyridine rings is 1. The molecule has 0 saturated heterocycles. The molecule has 0 aliphatic rings. The van der Waals surface area contributed by atoms with Gasteiger partial charge < -0.3 is 5.73 Å². The Kier molecular flexibility index (Phi) is 3.54. The maximum atomic E-state index is 11.5. The van der Waals surface area contributed by atoms with Gasteiger partial charge in [0.2, 0.25) is 10.0 Å². The molecule has 0 amide bonds. The first kappa shape index (κ1) is 12.9. The van der Waals surface area contributed by atoms with Crippen molar-refractivity contribution in [3.05, 3.63) is 22.9 Å². The molecule has 0 aromatic carbocycles. The van der Waals surface area contributed by atoms with E-state index in [1.54, 1.807) is 0 Å². The second-order valence-corrected chi connectivity index (χ2v) is 5.83. The van der Waals surface area contributed by atoms with Gasteiger partial charge in [0.15, 0.2) is 0 Å². The average Bonchev–Trinajstić information content (AvgIpc) is 2.14. The van der Waals surface area contributed by atoms with Crippen molar-refractivity contribution in [2.75, 3.05) is 17.6 Å². The summed E-state index contributed by atoms with van der Waals surface area (Å²) in [6.07, 6.45) is 1.15. The van der Waals surface area contributed by atoms with Crippen LogP contribution < -0.4 is 10.0 Å². The van der Waals surface area contributed by atoms with Gasteiger partial charge in [-0.15, -0.1) is 0 Å². The van der Waals surface area contributed by atoms with Gasteiger partial charge in [-0.3, -0.25) is 4.31 Å². The second-order valence-electron chi connectivity index (χ2n) is 3.82. The number of sulfonamides is 1. The van der Waals surface area contributed by atoms with E-state index in [1.165, 1.54) is 7.05 Å². The zero-order chi connectivity index (χ0) is 12.5. The third-order valence-electron chi connectivity index (χ3n) is 2.45. The Hall–Kier alpha value is -1.14. The van der Waals surface area contributed by atoms with Crippen molar-refractivity contribution in [2.24, 2.45) is 5.73 Å². The molecule has 0 saturated carbocycles. The van der Waals surface area contributed by atoms with Crippen LogP contribution in [-0.2, 0) is 16.6 Å². The lowest BCUT2D eigenvalue weighted by Gasteiger charge is -2.20. The predicted molar refractivity (Wildman–Crippen MR) is 64.8 cm³/mol. The number of hydrogen-bond acceptors (Lipinski definition) is 4. The van der Waals surface area contributed by atoms with Gasteiger partial charge in [0.25, 0.3) is 0 Å². The van der Waals surface area contributed by atoms with Gasteiger partial charge in [-0.2, -0.15) is 0 Å². The normalized spacial score (nSPS) is 11.6. The molecule has 5 nitrogen and oxygen atoms in total. The summed E-state index contributed by atoms with van der Waals surface area (Å²) in [4.78, 5) is 4.24. The Morgan fingerprint density at radius 2 is 2.00 bits per heavy atom. The highest BCUT2D eigenvalue weighted by Gasteiger charge is 2.18. The molecule has 2 N–H and O–H groups in total. The molecule has 0 aliphatic heterocycles. The first-order valence-corrected chi connectivity index (χ1v) is 6.73. The van der Waals surface area contributed by atoms with Crippen LogP contribution >= 0.6 is 0 Å². The third kappa shape index (κ3) is 2.51. The van der Waals surface area contributed by atoms with Crippen LogP contribution in [0.1, 0.15) is 16.8 Å². The molecule has 0 fully saturated rings. The summed E-state index contributed by atoms with van der Waals surface area (Å²) < 4.78 is 24.1. The van der Waals surface area contributed by atoms with Crippen LogP contribution in [0.15, 0.2) is 6.07 Å². The van der Waals surface area contributed by atoms with E-state index >= 15 is 0 Å². The van der Waals surface area contributed by atoms with Gasteiger partial charge in [-0.05, 0) is 25.5 Å². The molecule has 1 aromatic rings. The first-order chi connectivity index (χ1) is 7.27. The largest absolute Gasteiger partial charge is 0.326 e. The standard InChI is InChI=1S/C10H17N3O2S/c1-7-5-8(2)12-10(9(7)6-11)13(3)16(4,14)15/h5H,6,11H2,1-4H3. The minimum Gasteiger partial charge on any atom is -0.326 e. The van der Waals surface area contributed by atoms with Gasteiger partial charge in [-0.1, -0.05) is 0 Å². The number of hydrogen-bond donors (Lipinski definition) is 1. The number of anilines is 1. The van der Waals surface area contributed by atoms with Crippen LogP contribution in [0.3, 0.4) is 0 Å². The van der Waals surface area contributed by atoms with E-state index in [-0.39, 0.29) is 6.54 Å². The second kappa shape index (κ2) is 4.39. The number of nitrogens with two attached hydrogens (primary N) is 1. The van der Waals surface area contributed by atoms with Crippen LogP contribution in [-0.4, -0.2) is 26.7 Å². The molecule has 0 spiro atoms. The van der Waals surface area contributed by atoms with Crippen molar-refractivity contribution in [3.63, 3.8) is 0 Å². The van der Waals surface area contributed by atoms with Crippen molar-refractivity contribution in [1.29, 1.82) is 0 Å². The zero-order valence-corrected chi connectivity index (χ0v) is 10.8. The summed E-state index contributed by atoms with van der Waals surface area (Å²) in [6.45, 7) is 4.00. The lowest BCUT2D eigenvalue weighted by Crippen LogP contribution is -2.28. The molecule has 0 aliphatic carbocycles. The molecule has 6 heteroatoms. The molecule has 16 heavy (non-hydrogen) atoms. The monoisotopic (exact) mass is 243 g/mol. The molecule has 90 valence electrons. The quantitative estimate of drug-likeness (QED) is 0.841. The molecular formula is C10H17N3O2S. The molecular weight excluding hydrogens is 226 g/mol. The lowest BCUT2D eigenvalue weighted by atomic mass is 10.1. The van der Waals surface area contributed by atoms with Crippen LogP contribution in [0.5, 0.6) is 0 Å². The number of aromatic nitrogens is 1. The number of aryl methyl sites for hydroxylation is 2. The predicted octanol–water partition coefficient (Wildman–Crippen LogP) is 0.553. The summed E-state index contributed by atoms with van der Waals surface area (Å²) in [7, 11) is -1.82. The van der Waals surface area contributed by atoms with E-state index in [9.17, 15) is 8.42 Å². The maximum absolute atomic E-state index is 11.5. The molecule has 1 heterocycles. The maximum Gasteiger partial charge on any atom is 0.233 e. The van der Waals surface area contributed by atoms with E-state index in [0.717, 1.165) is 27.4 Å². The Balaban J connectivity index is 3.43. The molecule has 1 aromatic heterocycles. The van der Waals surface area contributed by atoms with Gasteiger partial charge in [0.1, 0.15) is 5.82 Å². The number of rotatable bonds is 3. The van der Waals surface area contributed by atoms with Gasteiger partial charge in [-0.25, -0.2) is 13.4 Å². The summed E-state index contributed by atoms with van der Waals surface area (Å²) in [5.41, 5.74) is 8.12. The lowest BCUT2D eigenvalue weighted by molar-refractivity contribution is 0.599. The topological polar surface area (TPSA) is 76.3 Å². The van der Waals surface area contributed by atoms with E-state index in [4.69, 9.17) is 5.73 Å². The first-order valence-electron chi connectivity index (χ1n) is 4.88. The highest BCUT2D eigenvalue weighted by molar-refractivity contribution is 7.92. The van der Waals surface area contributed by atoms with Crippen molar-refractivity contribution < 1.29 is 8.42 Å². The van der Waals surface area contributed by atoms with Crippen molar-refractivity contribution in [1.82, 2.24) is 4.98 Å². The number of nitrogens with zero attached hydrogens (tertiary/aromatic N) is 2. The van der Waals surface area contributed by atoms with Crippen molar-refractivity contribution in [3.8, 4) is 0 Å². The third-order valence-corrected chi connectivity index (χ3v) is 3.62. The van der Waals surface area contributed by atoms with E-state index in [1.807, 2.05) is 19.9 Å². The fraction of sp³-hybridized carbons (Fsp3) is 0.500. The van der Waals surface area contributed by atoms with Gasteiger partial charge in [0, 0.05) is 24.8 Å². The molecule has 1 rings (SSSR count). The fourth-order valence-electron chi connectivity index (χ4n) is 1.51. The molecule has 0 radical (unpaired) electrons. The van der Waals surface area contributed by atoms with E-state index in [2.05, 4.69) is 4.98 Å². The Labute approximate surface area is 96.3 Å². The minimum atomic E-state index is -3.31. The highest BCUT2D eigenvalue weighted by atomic mass is 32.2. The summed E-state index contributed by atoms with van der Waals surface area (Å²) >= 11 is 0. The van der Waals surface area contributed by atoms with Crippen LogP contribution in [0.2, 0.25) is 0 Å². The summed E-state index contributed by atoms with van der Waals surface area (Å²) in [5, 5.41) is 0. The molecule has 0 unspecified atom stereocenters. The van der Waals surface area contributed by atoms with Crippen molar-refractivity contribution >= 4 is 15.8 Å². The zero-order valence-electron chi connectivity index (χ0n) is 9.98. The van der Waals surface area contributed by atoms with E-state index in [0.29, 0.717) is 5.82 Å². The Bertz CT molecular complexity index is 497. The average molecular weight is 243 g/mol. The van der Waals surface area contributed by atoms with Crippen molar-refractivity contribution in [2.45, 2.75) is 20.4 Å². The van der Waals surface area contributed by atoms with E-state index < -0.39 is 10.0 Å². The van der Waals surface area contributed by atoms with Crippen LogP contribution in [0.4, 0.5) is 5.82 Å².